The summed E-state index contributed by atoms with van der Waals surface area (Å²) in [5.74, 6) is -0.870. The Balaban J connectivity index is 1.82. The van der Waals surface area contributed by atoms with E-state index in [1.54, 1.807) is 6.07 Å². The maximum absolute atomic E-state index is 12.3. The second-order valence-electron chi connectivity index (χ2n) is 4.87. The quantitative estimate of drug-likeness (QED) is 0.732. The van der Waals surface area contributed by atoms with Crippen molar-refractivity contribution in [2.24, 2.45) is 0 Å². The highest BCUT2D eigenvalue weighted by Gasteiger charge is 2.31. The van der Waals surface area contributed by atoms with E-state index in [0.29, 0.717) is 22.6 Å². The minimum absolute atomic E-state index is 0.267. The van der Waals surface area contributed by atoms with E-state index in [0.717, 1.165) is 6.07 Å². The van der Waals surface area contributed by atoms with E-state index in [1.807, 2.05) is 0 Å². The Kier molecular flexibility index (Phi) is 4.17. The molecule has 0 saturated heterocycles. The van der Waals surface area contributed by atoms with Crippen LogP contribution in [0.25, 0.3) is 22.6 Å². The highest BCUT2D eigenvalue weighted by atomic mass is 19.4. The van der Waals surface area contributed by atoms with Crippen molar-refractivity contribution in [3.05, 3.63) is 36.5 Å². The summed E-state index contributed by atoms with van der Waals surface area (Å²) >= 11 is 0. The van der Waals surface area contributed by atoms with Crippen molar-refractivity contribution in [1.29, 1.82) is 0 Å². The van der Waals surface area contributed by atoms with Gasteiger partial charge in [0.2, 0.25) is 0 Å². The fourth-order valence-corrected chi connectivity index (χ4v) is 2.06. The largest absolute Gasteiger partial charge is 0.573 e. The van der Waals surface area contributed by atoms with Gasteiger partial charge in [0.25, 0.3) is 0 Å². The fraction of sp³-hybridized carbons (Fsp3) is 0.133. The molecule has 0 aliphatic rings. The molecule has 0 bridgehead atoms. The van der Waals surface area contributed by atoms with Crippen LogP contribution in [0.2, 0.25) is 0 Å². The maximum atomic E-state index is 12.3. The first kappa shape index (κ1) is 16.6. The van der Waals surface area contributed by atoms with E-state index in [4.69, 9.17) is 9.84 Å². The Morgan fingerprint density at radius 3 is 2.60 bits per heavy atom. The average Bonchev–Trinajstić information content (AvgIpc) is 2.95. The van der Waals surface area contributed by atoms with Crippen molar-refractivity contribution in [3.8, 4) is 23.0 Å². The molecule has 0 spiro atoms. The molecule has 7 nitrogen and oxygen atoms in total. The minimum Gasteiger partial charge on any atom is -0.480 e. The Hall–Kier alpha value is -3.30. The second kappa shape index (κ2) is 6.30. The smallest absolute Gasteiger partial charge is 0.480 e. The second-order valence-corrected chi connectivity index (χ2v) is 4.87. The number of aromatic amines is 1. The molecule has 130 valence electrons. The van der Waals surface area contributed by atoms with Gasteiger partial charge in [-0.2, -0.15) is 0 Å². The molecule has 10 heteroatoms. The number of carbonyl (C=O) groups is 1. The van der Waals surface area contributed by atoms with E-state index in [2.05, 4.69) is 19.7 Å². The molecule has 2 aromatic heterocycles. The van der Waals surface area contributed by atoms with E-state index in [1.165, 1.54) is 24.4 Å². The van der Waals surface area contributed by atoms with Crippen molar-refractivity contribution in [1.82, 2.24) is 15.0 Å². The number of nitrogens with zero attached hydrogens (tertiary/aromatic N) is 2. The van der Waals surface area contributed by atoms with Crippen molar-refractivity contribution < 1.29 is 32.5 Å². The number of ether oxygens (including phenoxy) is 2. The molecule has 0 aliphatic carbocycles. The molecule has 0 fully saturated rings. The number of aromatic nitrogens is 3. The van der Waals surface area contributed by atoms with Gasteiger partial charge in [-0.05, 0) is 24.3 Å². The lowest BCUT2D eigenvalue weighted by atomic mass is 10.3. The summed E-state index contributed by atoms with van der Waals surface area (Å²) in [6.45, 7) is -0.492. The van der Waals surface area contributed by atoms with Gasteiger partial charge in [0.15, 0.2) is 12.4 Å². The van der Waals surface area contributed by atoms with Crippen LogP contribution in [0.5, 0.6) is 11.5 Å². The average molecular weight is 353 g/mol. The van der Waals surface area contributed by atoms with Crippen molar-refractivity contribution in [2.75, 3.05) is 6.61 Å². The summed E-state index contributed by atoms with van der Waals surface area (Å²) in [4.78, 5) is 21.6. The number of hydrogen-bond acceptors (Lipinski definition) is 5. The highest BCUT2D eigenvalue weighted by molar-refractivity contribution is 5.80. The van der Waals surface area contributed by atoms with Crippen molar-refractivity contribution in [3.63, 3.8) is 0 Å². The molecule has 25 heavy (non-hydrogen) atoms. The van der Waals surface area contributed by atoms with Crippen LogP contribution in [0.15, 0.2) is 36.5 Å². The molecule has 0 aliphatic heterocycles. The first-order valence-electron chi connectivity index (χ1n) is 6.87. The van der Waals surface area contributed by atoms with Gasteiger partial charge in [0, 0.05) is 6.07 Å². The van der Waals surface area contributed by atoms with Gasteiger partial charge in [0.1, 0.15) is 17.2 Å². The Morgan fingerprint density at radius 2 is 1.96 bits per heavy atom. The molecule has 0 unspecified atom stereocenters. The van der Waals surface area contributed by atoms with Crippen LogP contribution in [0, 0.1) is 0 Å². The standard InChI is InChI=1S/C15H10F3N3O4/c16-15(17,18)25-8-1-3-10-12(5-8)21-14(20-10)11-4-2-9(6-19-11)24-7-13(22)23/h1-6H,7H2,(H,20,21)(H,22,23). The fourth-order valence-electron chi connectivity index (χ4n) is 2.06. The van der Waals surface area contributed by atoms with Crippen LogP contribution in [0.1, 0.15) is 0 Å². The van der Waals surface area contributed by atoms with Gasteiger partial charge >= 0.3 is 12.3 Å². The van der Waals surface area contributed by atoms with Crippen LogP contribution in [0.4, 0.5) is 13.2 Å². The summed E-state index contributed by atoms with van der Waals surface area (Å²) in [6.07, 6.45) is -3.45. The lowest BCUT2D eigenvalue weighted by Gasteiger charge is -2.07. The maximum Gasteiger partial charge on any atom is 0.573 e. The van der Waals surface area contributed by atoms with Gasteiger partial charge in [0.05, 0.1) is 17.2 Å². The lowest BCUT2D eigenvalue weighted by molar-refractivity contribution is -0.274. The van der Waals surface area contributed by atoms with Crippen molar-refractivity contribution >= 4 is 17.0 Å². The number of fused-ring (bicyclic) bond motifs is 1. The predicted molar refractivity (Wildman–Crippen MR) is 79.1 cm³/mol. The number of halogens is 3. The van der Waals surface area contributed by atoms with Crippen molar-refractivity contribution in [2.45, 2.75) is 6.36 Å². The van der Waals surface area contributed by atoms with E-state index in [9.17, 15) is 18.0 Å². The summed E-state index contributed by atoms with van der Waals surface area (Å²) in [5, 5.41) is 8.54. The molecule has 3 aromatic rings. The van der Waals surface area contributed by atoms with Gasteiger partial charge in [-0.25, -0.2) is 14.8 Å². The monoisotopic (exact) mass is 353 g/mol. The number of alkyl halides is 3. The van der Waals surface area contributed by atoms with E-state index in [-0.39, 0.29) is 11.5 Å². The molecule has 1 aromatic carbocycles. The Morgan fingerprint density at radius 1 is 1.20 bits per heavy atom. The summed E-state index contributed by atoms with van der Waals surface area (Å²) in [6, 6.07) is 6.79. The number of carboxylic acids is 1. The normalized spacial score (nSPS) is 11.5. The molecular formula is C15H10F3N3O4. The van der Waals surface area contributed by atoms with E-state index >= 15 is 0 Å². The first-order valence-corrected chi connectivity index (χ1v) is 6.87. The molecular weight excluding hydrogens is 343 g/mol. The zero-order chi connectivity index (χ0) is 18.0. The number of benzene rings is 1. The van der Waals surface area contributed by atoms with Crippen LogP contribution in [-0.2, 0) is 4.79 Å². The molecule has 2 heterocycles. The number of nitrogens with one attached hydrogen (secondary N) is 1. The summed E-state index contributed by atoms with van der Waals surface area (Å²) in [5.41, 5.74) is 1.21. The first-order chi connectivity index (χ1) is 11.8. The number of H-pyrrole nitrogens is 1. The number of imidazole rings is 1. The van der Waals surface area contributed by atoms with Gasteiger partial charge < -0.3 is 19.6 Å². The molecule has 2 N–H and O–H groups in total. The predicted octanol–water partition coefficient (Wildman–Crippen LogP) is 2.99. The third-order valence-electron chi connectivity index (χ3n) is 3.03. The zero-order valence-corrected chi connectivity index (χ0v) is 12.4. The van der Waals surface area contributed by atoms with Gasteiger partial charge in [-0.1, -0.05) is 0 Å². The van der Waals surface area contributed by atoms with E-state index < -0.39 is 18.9 Å². The minimum atomic E-state index is -4.77. The van der Waals surface area contributed by atoms with Crippen LogP contribution >= 0.6 is 0 Å². The lowest BCUT2D eigenvalue weighted by Crippen LogP contribution is -2.16. The highest BCUT2D eigenvalue weighted by Crippen LogP contribution is 2.27. The van der Waals surface area contributed by atoms with Gasteiger partial charge in [-0.15, -0.1) is 13.2 Å². The third kappa shape index (κ3) is 4.16. The molecule has 3 rings (SSSR count). The Labute approximate surface area is 138 Å². The third-order valence-corrected chi connectivity index (χ3v) is 3.03. The molecule has 0 saturated carbocycles. The van der Waals surface area contributed by atoms with Crippen LogP contribution in [-0.4, -0.2) is 39.0 Å². The van der Waals surface area contributed by atoms with Crippen LogP contribution < -0.4 is 9.47 Å². The number of aliphatic carboxylic acids is 1. The molecule has 0 amide bonds. The summed E-state index contributed by atoms with van der Waals surface area (Å²) in [7, 11) is 0. The molecule has 0 radical (unpaired) electrons. The number of carboxylic acid groups (broad SMARTS) is 1. The number of rotatable bonds is 5. The Bertz CT molecular complexity index is 907. The summed E-state index contributed by atoms with van der Waals surface area (Å²) < 4.78 is 45.6. The number of hydrogen-bond donors (Lipinski definition) is 2. The zero-order valence-electron chi connectivity index (χ0n) is 12.4. The number of pyridine rings is 1. The molecule has 0 atom stereocenters. The van der Waals surface area contributed by atoms with Crippen LogP contribution in [0.3, 0.4) is 0 Å². The topological polar surface area (TPSA) is 97.3 Å². The van der Waals surface area contributed by atoms with Gasteiger partial charge in [-0.3, -0.25) is 0 Å². The SMILES string of the molecule is O=C(O)COc1ccc(-c2nc3ccc(OC(F)(F)F)cc3[nH]2)nc1.